The van der Waals surface area contributed by atoms with Gasteiger partial charge in [0.15, 0.2) is 11.5 Å². The van der Waals surface area contributed by atoms with Crippen LogP contribution in [0.25, 0.3) is 0 Å². The van der Waals surface area contributed by atoms with E-state index in [1.807, 2.05) is 0 Å². The summed E-state index contributed by atoms with van der Waals surface area (Å²) in [4.78, 5) is 11.7. The van der Waals surface area contributed by atoms with Crippen LogP contribution in [-0.4, -0.2) is 26.3 Å². The molecule has 0 atom stereocenters. The molecule has 1 aromatic rings. The molecule has 0 unspecified atom stereocenters. The van der Waals surface area contributed by atoms with E-state index in [4.69, 9.17) is 14.7 Å². The summed E-state index contributed by atoms with van der Waals surface area (Å²) in [5.41, 5.74) is -0.501. The van der Waals surface area contributed by atoms with Crippen LogP contribution in [0.3, 0.4) is 0 Å². The lowest BCUT2D eigenvalue weighted by atomic mass is 10.1. The van der Waals surface area contributed by atoms with Crippen molar-refractivity contribution >= 4 is 5.97 Å². The van der Waals surface area contributed by atoms with Crippen LogP contribution in [0.4, 0.5) is 8.78 Å². The van der Waals surface area contributed by atoms with E-state index in [0.717, 1.165) is 0 Å². The van der Waals surface area contributed by atoms with Gasteiger partial charge >= 0.3 is 12.6 Å². The first-order valence-corrected chi connectivity index (χ1v) is 5.28. The summed E-state index contributed by atoms with van der Waals surface area (Å²) in [6.45, 7) is -1.57. The van der Waals surface area contributed by atoms with Crippen LogP contribution in [0.15, 0.2) is 12.1 Å². The van der Waals surface area contributed by atoms with Gasteiger partial charge in [0.2, 0.25) is 0 Å². The van der Waals surface area contributed by atoms with E-state index in [1.165, 1.54) is 19.2 Å². The molecule has 19 heavy (non-hydrogen) atoms. The first kappa shape index (κ1) is 14.7. The Morgan fingerprint density at radius 1 is 1.47 bits per heavy atom. The molecule has 0 aliphatic heterocycles. The lowest BCUT2D eigenvalue weighted by Gasteiger charge is -2.14. The van der Waals surface area contributed by atoms with Crippen molar-refractivity contribution in [2.45, 2.75) is 13.5 Å². The molecular weight excluding hydrogens is 260 g/mol. The van der Waals surface area contributed by atoms with Crippen molar-refractivity contribution in [2.75, 3.05) is 13.7 Å². The molecule has 5 nitrogen and oxygen atoms in total. The number of esters is 1. The predicted octanol–water partition coefficient (Wildman–Crippen LogP) is 2.34. The lowest BCUT2D eigenvalue weighted by Crippen LogP contribution is -2.13. The number of hydrogen-bond donors (Lipinski definition) is 0. The Morgan fingerprint density at radius 3 is 2.63 bits per heavy atom. The summed E-state index contributed by atoms with van der Waals surface area (Å²) in [5.74, 6) is -1.51. The van der Waals surface area contributed by atoms with Gasteiger partial charge in [0.25, 0.3) is 0 Å². The normalized spacial score (nSPS) is 9.89. The molecule has 0 heterocycles. The van der Waals surface area contributed by atoms with Gasteiger partial charge in [-0.2, -0.15) is 14.0 Å². The van der Waals surface area contributed by atoms with Crippen LogP contribution >= 0.6 is 0 Å². The van der Waals surface area contributed by atoms with Gasteiger partial charge < -0.3 is 14.2 Å². The van der Waals surface area contributed by atoms with Gasteiger partial charge in [0.05, 0.1) is 19.3 Å². The van der Waals surface area contributed by atoms with Crippen molar-refractivity contribution in [3.8, 4) is 17.6 Å². The van der Waals surface area contributed by atoms with Gasteiger partial charge in [-0.25, -0.2) is 4.79 Å². The van der Waals surface area contributed by atoms with Gasteiger partial charge in [-0.05, 0) is 19.1 Å². The van der Waals surface area contributed by atoms with Crippen molar-refractivity contribution in [3.05, 3.63) is 23.3 Å². The zero-order valence-corrected chi connectivity index (χ0v) is 10.3. The zero-order chi connectivity index (χ0) is 14.4. The number of hydrogen-bond acceptors (Lipinski definition) is 5. The largest absolute Gasteiger partial charge is 0.493 e. The van der Waals surface area contributed by atoms with Gasteiger partial charge in [0.1, 0.15) is 11.6 Å². The number of halogens is 2. The highest BCUT2D eigenvalue weighted by Gasteiger charge is 2.25. The smallest absolute Gasteiger partial charge is 0.387 e. The highest BCUT2D eigenvalue weighted by molar-refractivity contribution is 5.96. The molecule has 0 aliphatic carbocycles. The number of nitriles is 1. The average molecular weight is 271 g/mol. The summed E-state index contributed by atoms with van der Waals surface area (Å²) in [6.07, 6.45) is 0. The second kappa shape index (κ2) is 6.54. The third-order valence-corrected chi connectivity index (χ3v) is 2.15. The standard InChI is InChI=1S/C12H11F2NO4/c1-3-18-11(16)9-7(6-15)4-5-8(17-2)10(9)19-12(13)14/h4-5,12H,3H2,1-2H3. The molecule has 0 radical (unpaired) electrons. The average Bonchev–Trinajstić information content (AvgIpc) is 2.37. The van der Waals surface area contributed by atoms with Gasteiger partial charge in [-0.1, -0.05) is 0 Å². The zero-order valence-electron chi connectivity index (χ0n) is 10.3. The maximum absolute atomic E-state index is 12.4. The highest BCUT2D eigenvalue weighted by Crippen LogP contribution is 2.35. The SMILES string of the molecule is CCOC(=O)c1c(C#N)ccc(OC)c1OC(F)F. The van der Waals surface area contributed by atoms with E-state index >= 15 is 0 Å². The molecule has 0 amide bonds. The van der Waals surface area contributed by atoms with E-state index in [-0.39, 0.29) is 23.5 Å². The number of benzene rings is 1. The molecule has 102 valence electrons. The maximum atomic E-state index is 12.4. The minimum absolute atomic E-state index is 0.0367. The van der Waals surface area contributed by atoms with Gasteiger partial charge in [0, 0.05) is 0 Å². The van der Waals surface area contributed by atoms with Gasteiger partial charge in [-0.3, -0.25) is 0 Å². The molecule has 0 aromatic heterocycles. The third-order valence-electron chi connectivity index (χ3n) is 2.15. The highest BCUT2D eigenvalue weighted by atomic mass is 19.3. The number of carbonyl (C=O) groups excluding carboxylic acids is 1. The third kappa shape index (κ3) is 3.31. The summed E-state index contributed by atoms with van der Waals surface area (Å²) in [7, 11) is 1.23. The van der Waals surface area contributed by atoms with Crippen molar-refractivity contribution in [3.63, 3.8) is 0 Å². The Balaban J connectivity index is 3.43. The van der Waals surface area contributed by atoms with E-state index in [1.54, 1.807) is 13.0 Å². The summed E-state index contributed by atoms with van der Waals surface area (Å²) in [6, 6.07) is 4.25. The molecular formula is C12H11F2NO4. The van der Waals surface area contributed by atoms with Crippen molar-refractivity contribution < 1.29 is 27.8 Å². The fourth-order valence-corrected chi connectivity index (χ4v) is 1.43. The Hall–Kier alpha value is -2.36. The number of rotatable bonds is 5. The van der Waals surface area contributed by atoms with Crippen LogP contribution in [0, 0.1) is 11.3 Å². The topological polar surface area (TPSA) is 68.6 Å². The van der Waals surface area contributed by atoms with Crippen LogP contribution < -0.4 is 9.47 Å². The minimum atomic E-state index is -3.16. The van der Waals surface area contributed by atoms with E-state index < -0.39 is 18.3 Å². The Morgan fingerprint density at radius 2 is 2.16 bits per heavy atom. The Bertz CT molecular complexity index is 511. The molecule has 0 bridgehead atoms. The Kier molecular flexibility index (Phi) is 5.06. The molecule has 0 aliphatic rings. The second-order valence-electron chi connectivity index (χ2n) is 3.23. The van der Waals surface area contributed by atoms with E-state index in [9.17, 15) is 13.6 Å². The monoisotopic (exact) mass is 271 g/mol. The van der Waals surface area contributed by atoms with Crippen molar-refractivity contribution in [2.24, 2.45) is 0 Å². The molecule has 0 N–H and O–H groups in total. The van der Waals surface area contributed by atoms with E-state index in [2.05, 4.69) is 4.74 Å². The molecule has 1 aromatic carbocycles. The summed E-state index contributed by atoms with van der Waals surface area (Å²) < 4.78 is 38.6. The van der Waals surface area contributed by atoms with Crippen LogP contribution in [0.1, 0.15) is 22.8 Å². The van der Waals surface area contributed by atoms with Crippen molar-refractivity contribution in [1.82, 2.24) is 0 Å². The number of ether oxygens (including phenoxy) is 3. The number of alkyl halides is 2. The maximum Gasteiger partial charge on any atom is 0.387 e. The fraction of sp³-hybridized carbons (Fsp3) is 0.333. The molecule has 7 heteroatoms. The summed E-state index contributed by atoms with van der Waals surface area (Å²) in [5, 5.41) is 8.92. The number of carbonyl (C=O) groups is 1. The number of nitrogens with zero attached hydrogens (tertiary/aromatic N) is 1. The second-order valence-corrected chi connectivity index (χ2v) is 3.23. The lowest BCUT2D eigenvalue weighted by molar-refractivity contribution is -0.0518. The first-order valence-electron chi connectivity index (χ1n) is 5.28. The minimum Gasteiger partial charge on any atom is -0.493 e. The molecule has 0 saturated heterocycles. The van der Waals surface area contributed by atoms with Crippen molar-refractivity contribution in [1.29, 1.82) is 5.26 Å². The molecule has 0 fully saturated rings. The van der Waals surface area contributed by atoms with Crippen LogP contribution in [-0.2, 0) is 4.74 Å². The first-order chi connectivity index (χ1) is 9.04. The Labute approximate surface area is 108 Å². The molecule has 0 saturated carbocycles. The molecule has 1 rings (SSSR count). The number of methoxy groups -OCH3 is 1. The van der Waals surface area contributed by atoms with E-state index in [0.29, 0.717) is 0 Å². The van der Waals surface area contributed by atoms with Crippen LogP contribution in [0.5, 0.6) is 11.5 Å². The quantitative estimate of drug-likeness (QED) is 0.769. The van der Waals surface area contributed by atoms with Gasteiger partial charge in [-0.15, -0.1) is 0 Å². The van der Waals surface area contributed by atoms with Crippen LogP contribution in [0.2, 0.25) is 0 Å². The molecule has 0 spiro atoms. The fourth-order valence-electron chi connectivity index (χ4n) is 1.43. The predicted molar refractivity (Wildman–Crippen MR) is 60.3 cm³/mol. The summed E-state index contributed by atoms with van der Waals surface area (Å²) >= 11 is 0.